The van der Waals surface area contributed by atoms with Crippen molar-refractivity contribution < 1.29 is 24.9 Å². The van der Waals surface area contributed by atoms with Crippen LogP contribution in [0.4, 0.5) is 0 Å². The lowest BCUT2D eigenvalue weighted by Gasteiger charge is -2.27. The summed E-state index contributed by atoms with van der Waals surface area (Å²) >= 11 is 7.29. The molecule has 31 heavy (non-hydrogen) atoms. The molecule has 5 N–H and O–H groups in total. The summed E-state index contributed by atoms with van der Waals surface area (Å²) in [6.45, 7) is -0.145. The Labute approximate surface area is 187 Å². The van der Waals surface area contributed by atoms with Crippen LogP contribution in [-0.2, 0) is 11.2 Å². The molecule has 3 heterocycles. The van der Waals surface area contributed by atoms with E-state index in [0.29, 0.717) is 10.0 Å². The molecule has 0 bridgehead atoms. The van der Waals surface area contributed by atoms with Gasteiger partial charge in [0.25, 0.3) is 11.8 Å². The molecule has 10 heteroatoms. The summed E-state index contributed by atoms with van der Waals surface area (Å²) < 4.78 is 0.603. The molecular formula is C21H22ClN3O5S. The minimum Gasteiger partial charge on any atom is -0.388 e. The number of hydrogen-bond donors (Lipinski definition) is 5. The quantitative estimate of drug-likeness (QED) is 0.375. The molecule has 1 aliphatic rings. The Hall–Kier alpha value is -2.43. The van der Waals surface area contributed by atoms with E-state index < -0.39 is 36.2 Å². The monoisotopic (exact) mass is 463 g/mol. The zero-order valence-corrected chi connectivity index (χ0v) is 17.9. The number of nitrogens with zero attached hydrogens (tertiary/aromatic N) is 1. The Kier molecular flexibility index (Phi) is 6.31. The van der Waals surface area contributed by atoms with Crippen molar-refractivity contribution in [3.05, 3.63) is 58.1 Å². The second-order valence-corrected chi connectivity index (χ2v) is 9.29. The highest BCUT2D eigenvalue weighted by molar-refractivity contribution is 7.22. The predicted molar refractivity (Wildman–Crippen MR) is 117 cm³/mol. The lowest BCUT2D eigenvalue weighted by Crippen LogP contribution is -2.52. The van der Waals surface area contributed by atoms with E-state index in [9.17, 15) is 24.9 Å². The number of fused-ring (bicyclic) bond motifs is 1. The fraction of sp³-hybridized carbons (Fsp3) is 0.333. The van der Waals surface area contributed by atoms with Gasteiger partial charge in [0.2, 0.25) is 0 Å². The molecule has 0 spiro atoms. The van der Waals surface area contributed by atoms with Crippen LogP contribution in [0.1, 0.15) is 16.1 Å². The van der Waals surface area contributed by atoms with Gasteiger partial charge in [-0.25, -0.2) is 0 Å². The van der Waals surface area contributed by atoms with Crippen LogP contribution < -0.4 is 5.32 Å². The zero-order valence-electron chi connectivity index (χ0n) is 16.4. The second kappa shape index (κ2) is 8.97. The highest BCUT2D eigenvalue weighted by Crippen LogP contribution is 2.29. The van der Waals surface area contributed by atoms with E-state index in [1.165, 1.54) is 16.2 Å². The second-order valence-electron chi connectivity index (χ2n) is 7.61. The Morgan fingerprint density at radius 3 is 2.52 bits per heavy atom. The van der Waals surface area contributed by atoms with Crippen molar-refractivity contribution in [3.63, 3.8) is 0 Å². The number of carbonyl (C=O) groups excluding carboxylic acids is 2. The van der Waals surface area contributed by atoms with E-state index in [-0.39, 0.29) is 19.5 Å². The number of likely N-dealkylation sites (tertiary alicyclic amines) is 1. The summed E-state index contributed by atoms with van der Waals surface area (Å²) in [7, 11) is 0. The molecule has 2 aromatic heterocycles. The Morgan fingerprint density at radius 1 is 1.19 bits per heavy atom. The fourth-order valence-electron chi connectivity index (χ4n) is 3.68. The van der Waals surface area contributed by atoms with Gasteiger partial charge in [-0.1, -0.05) is 41.9 Å². The van der Waals surface area contributed by atoms with Crippen LogP contribution in [0.15, 0.2) is 42.5 Å². The highest BCUT2D eigenvalue weighted by Gasteiger charge is 2.38. The zero-order chi connectivity index (χ0) is 22.1. The molecule has 1 aromatic carbocycles. The lowest BCUT2D eigenvalue weighted by atomic mass is 10.00. The minimum absolute atomic E-state index is 0.0727. The van der Waals surface area contributed by atoms with E-state index in [2.05, 4.69) is 10.3 Å². The molecule has 8 nitrogen and oxygen atoms in total. The van der Waals surface area contributed by atoms with Crippen LogP contribution in [0.3, 0.4) is 0 Å². The van der Waals surface area contributed by atoms with Gasteiger partial charge in [-0.3, -0.25) is 9.59 Å². The van der Waals surface area contributed by atoms with E-state index in [4.69, 9.17) is 11.6 Å². The maximum absolute atomic E-state index is 12.9. The van der Waals surface area contributed by atoms with E-state index in [0.717, 1.165) is 15.8 Å². The number of H-pyrrole nitrogens is 1. The minimum atomic E-state index is -1.55. The van der Waals surface area contributed by atoms with E-state index in [1.807, 2.05) is 30.3 Å². The number of aliphatic hydroxyl groups excluding tert-OH is 3. The topological polar surface area (TPSA) is 126 Å². The molecule has 3 aromatic rings. The molecule has 164 valence electrons. The summed E-state index contributed by atoms with van der Waals surface area (Å²) in [4.78, 5) is 30.6. The van der Waals surface area contributed by atoms with E-state index >= 15 is 0 Å². The third-order valence-corrected chi connectivity index (χ3v) is 6.54. The summed E-state index contributed by atoms with van der Waals surface area (Å²) in [5.41, 5.74) is 1.13. The van der Waals surface area contributed by atoms with Crippen molar-refractivity contribution in [1.82, 2.24) is 15.2 Å². The molecule has 4 atom stereocenters. The average Bonchev–Trinajstić information content (AvgIpc) is 3.40. The average molecular weight is 464 g/mol. The van der Waals surface area contributed by atoms with Gasteiger partial charge in [-0.05, 0) is 24.1 Å². The van der Waals surface area contributed by atoms with Crippen molar-refractivity contribution in [2.24, 2.45) is 0 Å². The van der Waals surface area contributed by atoms with Gasteiger partial charge in [0, 0.05) is 18.5 Å². The Bertz CT molecular complexity index is 1040. The predicted octanol–water partition coefficient (Wildman–Crippen LogP) is 1.15. The third-order valence-electron chi connectivity index (χ3n) is 5.34. The number of aromatic amines is 1. The molecular weight excluding hydrogens is 442 g/mol. The highest BCUT2D eigenvalue weighted by atomic mass is 35.5. The van der Waals surface area contributed by atoms with Crippen LogP contribution in [0.25, 0.3) is 10.2 Å². The summed E-state index contributed by atoms with van der Waals surface area (Å²) in [5.74, 6) is -1.12. The van der Waals surface area contributed by atoms with Crippen LogP contribution in [0.5, 0.6) is 0 Å². The first-order valence-electron chi connectivity index (χ1n) is 9.77. The van der Waals surface area contributed by atoms with Gasteiger partial charge >= 0.3 is 0 Å². The van der Waals surface area contributed by atoms with Crippen molar-refractivity contribution in [3.8, 4) is 0 Å². The summed E-state index contributed by atoms with van der Waals surface area (Å²) in [6.07, 6.45) is -3.44. The first kappa shape index (κ1) is 21.8. The molecule has 0 radical (unpaired) electrons. The number of aromatic nitrogens is 1. The molecule has 2 amide bonds. The van der Waals surface area contributed by atoms with Crippen molar-refractivity contribution in [2.45, 2.75) is 30.8 Å². The Balaban J connectivity index is 1.53. The van der Waals surface area contributed by atoms with Crippen LogP contribution in [0.2, 0.25) is 4.34 Å². The van der Waals surface area contributed by atoms with Gasteiger partial charge < -0.3 is 30.5 Å². The summed E-state index contributed by atoms with van der Waals surface area (Å²) in [6, 6.07) is 11.7. The first-order valence-corrected chi connectivity index (χ1v) is 11.0. The smallest absolute Gasteiger partial charge is 0.268 e. The molecule has 0 aliphatic carbocycles. The van der Waals surface area contributed by atoms with E-state index in [1.54, 1.807) is 12.1 Å². The van der Waals surface area contributed by atoms with Crippen LogP contribution in [-0.4, -0.2) is 74.5 Å². The maximum Gasteiger partial charge on any atom is 0.268 e. The number of amides is 2. The van der Waals surface area contributed by atoms with Crippen molar-refractivity contribution in [2.75, 3.05) is 13.1 Å². The van der Waals surface area contributed by atoms with Crippen molar-refractivity contribution >= 4 is 45.0 Å². The number of nitrogens with one attached hydrogen (secondary N) is 2. The van der Waals surface area contributed by atoms with Crippen LogP contribution in [0, 0.1) is 0 Å². The summed E-state index contributed by atoms with van der Waals surface area (Å²) in [5, 5.41) is 33.8. The number of hydrogen-bond acceptors (Lipinski definition) is 6. The fourth-order valence-corrected chi connectivity index (χ4v) is 4.81. The molecule has 0 unspecified atom stereocenters. The lowest BCUT2D eigenvalue weighted by molar-refractivity contribution is -0.141. The Morgan fingerprint density at radius 2 is 1.87 bits per heavy atom. The van der Waals surface area contributed by atoms with Crippen molar-refractivity contribution in [1.29, 1.82) is 0 Å². The molecule has 4 rings (SSSR count). The molecule has 1 aliphatic heterocycles. The maximum atomic E-state index is 12.9. The normalized spacial score (nSPS) is 20.7. The molecule has 1 saturated heterocycles. The number of halogens is 1. The molecule has 0 saturated carbocycles. The van der Waals surface area contributed by atoms with Gasteiger partial charge in [0.1, 0.15) is 10.5 Å². The first-order chi connectivity index (χ1) is 14.8. The molecule has 1 fully saturated rings. The number of benzene rings is 1. The number of β-amino-alcohol motifs (C(OH)–C–C–N with tert-alkyl or cyclic N) is 2. The van der Waals surface area contributed by atoms with Gasteiger partial charge in [0.05, 0.1) is 22.6 Å². The standard InChI is InChI=1S/C21H22ClN3O5S/c22-17-8-12-7-14(24-20(12)31-17)19(29)23-13(6-11-4-2-1-3-5-11)18(28)21(30)25-9-15(26)16(27)10-25/h1-5,7-8,13,15-16,18,24,26-28H,6,9-10H2,(H,23,29)/t13-,15-,16+,18+/m0/s1. The van der Waals surface area contributed by atoms with Gasteiger partial charge in [-0.2, -0.15) is 0 Å². The number of aliphatic hydroxyl groups is 3. The van der Waals surface area contributed by atoms with Gasteiger partial charge in [-0.15, -0.1) is 11.3 Å². The van der Waals surface area contributed by atoms with Crippen LogP contribution >= 0.6 is 22.9 Å². The van der Waals surface area contributed by atoms with Gasteiger partial charge in [0.15, 0.2) is 6.10 Å². The largest absolute Gasteiger partial charge is 0.388 e. The third kappa shape index (κ3) is 4.76. The number of carbonyl (C=O) groups is 2. The number of thiophene rings is 1. The number of rotatable bonds is 6. The SMILES string of the molecule is O=C(N[C@@H](Cc1ccccc1)[C@@H](O)C(=O)N1C[C@@H](O)[C@@H](O)C1)c1cc2cc(Cl)sc2[nH]1.